The smallest absolute Gasteiger partial charge is 0.354 e. The Morgan fingerprint density at radius 2 is 1.91 bits per heavy atom. The molecule has 3 rings (SSSR count). The third-order valence-corrected chi connectivity index (χ3v) is 3.50. The zero-order chi connectivity index (χ0) is 15.4. The van der Waals surface area contributed by atoms with Crippen LogP contribution in [0.5, 0.6) is 5.75 Å². The van der Waals surface area contributed by atoms with Crippen LogP contribution in [0.25, 0.3) is 10.9 Å². The van der Waals surface area contributed by atoms with Crippen LogP contribution in [0.2, 0.25) is 0 Å². The molecule has 22 heavy (non-hydrogen) atoms. The van der Waals surface area contributed by atoms with E-state index in [-0.39, 0.29) is 5.97 Å². The molecule has 1 heterocycles. The molecule has 1 aromatic heterocycles. The van der Waals surface area contributed by atoms with Gasteiger partial charge < -0.3 is 14.5 Å². The Bertz CT molecular complexity index is 777. The van der Waals surface area contributed by atoms with Gasteiger partial charge in [-0.25, -0.2) is 4.79 Å². The number of aromatic amines is 1. The summed E-state index contributed by atoms with van der Waals surface area (Å²) in [6, 6.07) is 17.7. The summed E-state index contributed by atoms with van der Waals surface area (Å²) in [6.07, 6.45) is 0.858. The molecule has 0 fully saturated rings. The second kappa shape index (κ2) is 6.35. The normalized spacial score (nSPS) is 10.6. The first-order valence-electron chi connectivity index (χ1n) is 7.14. The number of rotatable bonds is 5. The van der Waals surface area contributed by atoms with Gasteiger partial charge in [0.2, 0.25) is 0 Å². The quantitative estimate of drug-likeness (QED) is 0.732. The molecule has 0 aliphatic rings. The Morgan fingerprint density at radius 1 is 1.09 bits per heavy atom. The van der Waals surface area contributed by atoms with Crippen molar-refractivity contribution >= 4 is 16.9 Å². The predicted molar refractivity (Wildman–Crippen MR) is 85.3 cm³/mol. The van der Waals surface area contributed by atoms with Crippen LogP contribution in [0.1, 0.15) is 16.1 Å². The van der Waals surface area contributed by atoms with Crippen LogP contribution in [0.4, 0.5) is 0 Å². The molecule has 0 aliphatic carbocycles. The first-order valence-corrected chi connectivity index (χ1v) is 7.14. The first-order chi connectivity index (χ1) is 10.8. The number of esters is 1. The van der Waals surface area contributed by atoms with Gasteiger partial charge in [-0.3, -0.25) is 0 Å². The maximum atomic E-state index is 11.5. The fourth-order valence-electron chi connectivity index (χ4n) is 2.35. The van der Waals surface area contributed by atoms with Crippen molar-refractivity contribution in [1.29, 1.82) is 0 Å². The molecule has 3 aromatic rings. The molecule has 1 N–H and O–H groups in total. The lowest BCUT2D eigenvalue weighted by molar-refractivity contribution is 0.0595. The number of methoxy groups -OCH3 is 1. The van der Waals surface area contributed by atoms with Crippen LogP contribution in [-0.2, 0) is 11.2 Å². The van der Waals surface area contributed by atoms with E-state index in [0.29, 0.717) is 12.3 Å². The zero-order valence-corrected chi connectivity index (χ0v) is 12.3. The Labute approximate surface area is 128 Å². The maximum absolute atomic E-state index is 11.5. The van der Waals surface area contributed by atoms with Gasteiger partial charge in [0.05, 0.1) is 13.7 Å². The molecule has 0 radical (unpaired) electrons. The summed E-state index contributed by atoms with van der Waals surface area (Å²) in [5.74, 6) is 0.407. The van der Waals surface area contributed by atoms with Gasteiger partial charge in [-0.1, -0.05) is 30.3 Å². The van der Waals surface area contributed by atoms with Crippen LogP contribution in [0, 0.1) is 0 Å². The van der Waals surface area contributed by atoms with Gasteiger partial charge in [-0.15, -0.1) is 0 Å². The second-order valence-electron chi connectivity index (χ2n) is 5.01. The molecule has 0 aliphatic heterocycles. The monoisotopic (exact) mass is 295 g/mol. The molecular formula is C18H17NO3. The predicted octanol–water partition coefficient (Wildman–Crippen LogP) is 3.58. The van der Waals surface area contributed by atoms with Crippen LogP contribution in [-0.4, -0.2) is 24.7 Å². The molecule has 0 saturated heterocycles. The molecule has 0 amide bonds. The number of H-pyrrole nitrogens is 1. The van der Waals surface area contributed by atoms with Gasteiger partial charge in [0.25, 0.3) is 0 Å². The van der Waals surface area contributed by atoms with E-state index < -0.39 is 0 Å². The van der Waals surface area contributed by atoms with E-state index in [0.717, 1.165) is 23.1 Å². The number of carbonyl (C=O) groups is 1. The molecule has 0 atom stereocenters. The summed E-state index contributed by atoms with van der Waals surface area (Å²) in [6.45, 7) is 0.611. The van der Waals surface area contributed by atoms with Crippen molar-refractivity contribution in [3.8, 4) is 5.75 Å². The molecule has 0 saturated carbocycles. The van der Waals surface area contributed by atoms with Gasteiger partial charge in [0.15, 0.2) is 0 Å². The minimum atomic E-state index is -0.372. The highest BCUT2D eigenvalue weighted by atomic mass is 16.5. The van der Waals surface area contributed by atoms with E-state index in [1.807, 2.05) is 36.4 Å². The summed E-state index contributed by atoms with van der Waals surface area (Å²) in [5, 5.41) is 0.954. The number of aromatic nitrogens is 1. The molecular weight excluding hydrogens is 278 g/mol. The lowest BCUT2D eigenvalue weighted by Crippen LogP contribution is -2.01. The van der Waals surface area contributed by atoms with Crippen molar-refractivity contribution in [3.63, 3.8) is 0 Å². The second-order valence-corrected chi connectivity index (χ2v) is 5.01. The highest BCUT2D eigenvalue weighted by Gasteiger charge is 2.09. The zero-order valence-electron chi connectivity index (χ0n) is 12.3. The van der Waals surface area contributed by atoms with Crippen molar-refractivity contribution in [3.05, 3.63) is 65.9 Å². The van der Waals surface area contributed by atoms with Crippen LogP contribution < -0.4 is 4.74 Å². The third-order valence-electron chi connectivity index (χ3n) is 3.50. The Morgan fingerprint density at radius 3 is 2.68 bits per heavy atom. The molecule has 0 bridgehead atoms. The number of hydrogen-bond acceptors (Lipinski definition) is 3. The highest BCUT2D eigenvalue weighted by molar-refractivity contribution is 5.95. The summed E-state index contributed by atoms with van der Waals surface area (Å²) in [4.78, 5) is 14.6. The van der Waals surface area contributed by atoms with Crippen LogP contribution in [0.3, 0.4) is 0 Å². The fraction of sp³-hybridized carbons (Fsp3) is 0.167. The summed E-state index contributed by atoms with van der Waals surface area (Å²) in [7, 11) is 1.37. The number of nitrogens with one attached hydrogen (secondary N) is 1. The highest BCUT2D eigenvalue weighted by Crippen LogP contribution is 2.22. The summed E-state index contributed by atoms with van der Waals surface area (Å²) in [5.41, 5.74) is 2.55. The van der Waals surface area contributed by atoms with Gasteiger partial charge >= 0.3 is 5.97 Å². The van der Waals surface area contributed by atoms with Crippen molar-refractivity contribution in [1.82, 2.24) is 4.98 Å². The number of fused-ring (bicyclic) bond motifs is 1. The van der Waals surface area contributed by atoms with Crippen molar-refractivity contribution in [2.45, 2.75) is 6.42 Å². The third kappa shape index (κ3) is 3.11. The Hall–Kier alpha value is -2.75. The van der Waals surface area contributed by atoms with E-state index in [1.54, 1.807) is 6.07 Å². The van der Waals surface area contributed by atoms with Crippen LogP contribution in [0.15, 0.2) is 54.6 Å². The molecule has 0 unspecified atom stereocenters. The standard InChI is InChI=1S/C18H17NO3/c1-21-18(20)17-11-14-7-8-15(12-16(14)19-17)22-10-9-13-5-3-2-4-6-13/h2-8,11-12,19H,9-10H2,1H3. The van der Waals surface area contributed by atoms with Gasteiger partial charge in [0.1, 0.15) is 11.4 Å². The molecule has 0 spiro atoms. The average molecular weight is 295 g/mol. The number of carbonyl (C=O) groups excluding carboxylic acids is 1. The van der Waals surface area contributed by atoms with Crippen LogP contribution >= 0.6 is 0 Å². The average Bonchev–Trinajstić information content (AvgIpc) is 2.98. The van der Waals surface area contributed by atoms with Crippen molar-refractivity contribution in [2.24, 2.45) is 0 Å². The lowest BCUT2D eigenvalue weighted by atomic mass is 10.2. The SMILES string of the molecule is COC(=O)c1cc2ccc(OCCc3ccccc3)cc2[nH]1. The number of benzene rings is 2. The number of ether oxygens (including phenoxy) is 2. The summed E-state index contributed by atoms with van der Waals surface area (Å²) >= 11 is 0. The van der Waals surface area contributed by atoms with Crippen molar-refractivity contribution < 1.29 is 14.3 Å². The van der Waals surface area contributed by atoms with E-state index in [9.17, 15) is 4.79 Å². The maximum Gasteiger partial charge on any atom is 0.354 e. The van der Waals surface area contributed by atoms with E-state index in [1.165, 1.54) is 12.7 Å². The van der Waals surface area contributed by atoms with E-state index >= 15 is 0 Å². The molecule has 112 valence electrons. The summed E-state index contributed by atoms with van der Waals surface area (Å²) < 4.78 is 10.5. The minimum Gasteiger partial charge on any atom is -0.493 e. The van der Waals surface area contributed by atoms with E-state index in [2.05, 4.69) is 17.1 Å². The largest absolute Gasteiger partial charge is 0.493 e. The minimum absolute atomic E-state index is 0.372. The van der Waals surface area contributed by atoms with Gasteiger partial charge in [0, 0.05) is 23.4 Å². The molecule has 4 nitrogen and oxygen atoms in total. The Kier molecular flexibility index (Phi) is 4.10. The van der Waals surface area contributed by atoms with Gasteiger partial charge in [-0.2, -0.15) is 0 Å². The topological polar surface area (TPSA) is 51.3 Å². The van der Waals surface area contributed by atoms with Crippen molar-refractivity contribution in [2.75, 3.05) is 13.7 Å². The number of hydrogen-bond donors (Lipinski definition) is 1. The first kappa shape index (κ1) is 14.2. The van der Waals surface area contributed by atoms with E-state index in [4.69, 9.17) is 9.47 Å². The van der Waals surface area contributed by atoms with Gasteiger partial charge in [-0.05, 0) is 23.8 Å². The Balaban J connectivity index is 1.68. The lowest BCUT2D eigenvalue weighted by Gasteiger charge is -2.06. The molecule has 4 heteroatoms. The fourth-order valence-corrected chi connectivity index (χ4v) is 2.35. The molecule has 2 aromatic carbocycles.